The third-order valence-electron chi connectivity index (χ3n) is 6.87. The van der Waals surface area contributed by atoms with E-state index in [0.717, 1.165) is 36.0 Å². The lowest BCUT2D eigenvalue weighted by Gasteiger charge is -2.35. The maximum atomic E-state index is 14.5. The van der Waals surface area contributed by atoms with Gasteiger partial charge in [0, 0.05) is 30.0 Å². The van der Waals surface area contributed by atoms with Gasteiger partial charge in [-0.2, -0.15) is 4.98 Å². The molecule has 33 heavy (non-hydrogen) atoms. The number of aromatic nitrogens is 4. The molecule has 0 radical (unpaired) electrons. The van der Waals surface area contributed by atoms with Gasteiger partial charge in [-0.3, -0.25) is 9.20 Å². The van der Waals surface area contributed by atoms with Crippen LogP contribution < -0.4 is 5.32 Å². The van der Waals surface area contributed by atoms with Crippen molar-refractivity contribution >= 4 is 17.5 Å². The molecule has 10 heteroatoms. The Kier molecular flexibility index (Phi) is 5.46. The van der Waals surface area contributed by atoms with Crippen LogP contribution in [-0.2, 0) is 30.8 Å². The highest BCUT2D eigenvalue weighted by molar-refractivity contribution is 5.81. The summed E-state index contributed by atoms with van der Waals surface area (Å²) in [7, 11) is 0. The maximum absolute atomic E-state index is 14.5. The fourth-order valence-corrected chi connectivity index (χ4v) is 4.74. The van der Waals surface area contributed by atoms with Crippen molar-refractivity contribution in [2.45, 2.75) is 59.2 Å². The van der Waals surface area contributed by atoms with Gasteiger partial charge in [-0.1, -0.05) is 32.0 Å². The van der Waals surface area contributed by atoms with Crippen LogP contribution in [0, 0.1) is 17.7 Å². The Labute approximate surface area is 189 Å². The number of hydrogen-bond donors (Lipinski definition) is 1. The highest BCUT2D eigenvalue weighted by Gasteiger charge is 2.39. The van der Waals surface area contributed by atoms with Gasteiger partial charge in [0.05, 0.1) is 24.3 Å². The molecule has 2 aromatic heterocycles. The molecule has 5 rings (SSSR count). The molecule has 1 aromatic carbocycles. The van der Waals surface area contributed by atoms with E-state index >= 15 is 0 Å². The number of nitrogens with one attached hydrogen (secondary N) is 1. The average Bonchev–Trinajstić information content (AvgIpc) is 3.41. The quantitative estimate of drug-likeness (QED) is 0.597. The molecule has 2 unspecified atom stereocenters. The standard InChI is InChI=1S/C23H25F3N6O/c1-3-18-29-30-23-28-21(27-9-13-5-4-6-15(19(13)24)20(25)26)16-10-31(11-17(16)32(18)23)22(33)14-8-7-12(14)2/h4-6,12,14,20H,3,7-11H2,1-2H3,(H,27,28,30). The number of aryl methyl sites for hydroxylation is 1. The lowest BCUT2D eigenvalue weighted by molar-refractivity contribution is -0.141. The summed E-state index contributed by atoms with van der Waals surface area (Å²) >= 11 is 0. The lowest BCUT2D eigenvalue weighted by Crippen LogP contribution is -2.40. The van der Waals surface area contributed by atoms with Gasteiger partial charge in [-0.15, -0.1) is 10.2 Å². The Morgan fingerprint density at radius 3 is 2.73 bits per heavy atom. The fourth-order valence-electron chi connectivity index (χ4n) is 4.74. The van der Waals surface area contributed by atoms with Crippen molar-refractivity contribution in [2.24, 2.45) is 11.8 Å². The van der Waals surface area contributed by atoms with Gasteiger partial charge in [0.25, 0.3) is 12.2 Å². The highest BCUT2D eigenvalue weighted by atomic mass is 19.3. The van der Waals surface area contributed by atoms with Crippen molar-refractivity contribution in [2.75, 3.05) is 5.32 Å². The van der Waals surface area contributed by atoms with Gasteiger partial charge in [-0.25, -0.2) is 13.2 Å². The number of amides is 1. The van der Waals surface area contributed by atoms with E-state index in [0.29, 0.717) is 37.0 Å². The zero-order valence-electron chi connectivity index (χ0n) is 18.5. The summed E-state index contributed by atoms with van der Waals surface area (Å²) in [5.74, 6) is 1.23. The van der Waals surface area contributed by atoms with Crippen LogP contribution in [0.4, 0.5) is 19.0 Å². The minimum atomic E-state index is -2.89. The first-order valence-electron chi connectivity index (χ1n) is 11.2. The molecular formula is C23H25F3N6O. The van der Waals surface area contributed by atoms with Crippen LogP contribution in [0.15, 0.2) is 18.2 Å². The van der Waals surface area contributed by atoms with Crippen molar-refractivity contribution in [3.8, 4) is 0 Å². The smallest absolute Gasteiger partial charge is 0.266 e. The molecule has 1 aliphatic heterocycles. The van der Waals surface area contributed by atoms with Gasteiger partial charge in [0.15, 0.2) is 0 Å². The Bertz CT molecular complexity index is 1230. The van der Waals surface area contributed by atoms with Crippen LogP contribution in [0.2, 0.25) is 0 Å². The second kappa shape index (κ2) is 8.31. The van der Waals surface area contributed by atoms with Crippen molar-refractivity contribution in [1.29, 1.82) is 0 Å². The molecule has 1 amide bonds. The molecule has 2 aliphatic rings. The average molecular weight is 458 g/mol. The van der Waals surface area contributed by atoms with Crippen molar-refractivity contribution in [3.63, 3.8) is 0 Å². The van der Waals surface area contributed by atoms with E-state index in [1.54, 1.807) is 0 Å². The second-order valence-electron chi connectivity index (χ2n) is 8.82. The summed E-state index contributed by atoms with van der Waals surface area (Å²) in [5, 5.41) is 11.5. The van der Waals surface area contributed by atoms with E-state index in [-0.39, 0.29) is 23.9 Å². The van der Waals surface area contributed by atoms with E-state index < -0.39 is 17.8 Å². The molecule has 3 heterocycles. The third-order valence-corrected chi connectivity index (χ3v) is 6.87. The molecule has 0 bridgehead atoms. The first-order chi connectivity index (χ1) is 15.9. The molecule has 1 N–H and O–H groups in total. The number of carbonyl (C=O) groups excluding carboxylic acids is 1. The number of benzene rings is 1. The predicted molar refractivity (Wildman–Crippen MR) is 115 cm³/mol. The molecule has 2 atom stereocenters. The van der Waals surface area contributed by atoms with Crippen LogP contribution in [0.25, 0.3) is 5.78 Å². The van der Waals surface area contributed by atoms with E-state index in [9.17, 15) is 18.0 Å². The van der Waals surface area contributed by atoms with Gasteiger partial charge in [0.1, 0.15) is 17.5 Å². The van der Waals surface area contributed by atoms with Gasteiger partial charge in [0.2, 0.25) is 5.91 Å². The molecule has 7 nitrogen and oxygen atoms in total. The normalized spacial score (nSPS) is 19.8. The molecule has 1 fully saturated rings. The number of alkyl halides is 2. The summed E-state index contributed by atoms with van der Waals surface area (Å²) in [6.45, 7) is 4.85. The molecule has 0 saturated heterocycles. The SMILES string of the molecule is CCc1nnc2nc(NCc3cccc(C(F)F)c3F)c3c(n12)CN(C(=O)C1CCC1C)C3. The highest BCUT2D eigenvalue weighted by Crippen LogP contribution is 2.38. The number of carbonyl (C=O) groups is 1. The number of halogens is 3. The Balaban J connectivity index is 1.48. The van der Waals surface area contributed by atoms with Crippen LogP contribution in [0.1, 0.15) is 61.3 Å². The predicted octanol–water partition coefficient (Wildman–Crippen LogP) is 4.26. The summed E-state index contributed by atoms with van der Waals surface area (Å²) in [6.07, 6.45) is -0.273. The number of rotatable bonds is 6. The largest absolute Gasteiger partial charge is 0.365 e. The van der Waals surface area contributed by atoms with Gasteiger partial charge in [-0.05, 0) is 18.8 Å². The molecule has 1 aliphatic carbocycles. The Morgan fingerprint density at radius 1 is 1.24 bits per heavy atom. The van der Waals surface area contributed by atoms with Gasteiger partial charge < -0.3 is 10.2 Å². The summed E-state index contributed by atoms with van der Waals surface area (Å²) < 4.78 is 42.6. The third kappa shape index (κ3) is 3.61. The van der Waals surface area contributed by atoms with Crippen LogP contribution in [0.5, 0.6) is 0 Å². The van der Waals surface area contributed by atoms with Crippen LogP contribution in [-0.4, -0.2) is 30.4 Å². The maximum Gasteiger partial charge on any atom is 0.266 e. The second-order valence-corrected chi connectivity index (χ2v) is 8.82. The number of hydrogen-bond acceptors (Lipinski definition) is 5. The van der Waals surface area contributed by atoms with Crippen molar-refractivity contribution < 1.29 is 18.0 Å². The monoisotopic (exact) mass is 458 g/mol. The van der Waals surface area contributed by atoms with Crippen LogP contribution in [0.3, 0.4) is 0 Å². The number of anilines is 1. The summed E-state index contributed by atoms with van der Waals surface area (Å²) in [6, 6.07) is 3.96. The number of fused-ring (bicyclic) bond motifs is 3. The molecule has 3 aromatic rings. The molecule has 0 spiro atoms. The first kappa shape index (κ1) is 21.7. The molecule has 174 valence electrons. The topological polar surface area (TPSA) is 75.4 Å². The minimum Gasteiger partial charge on any atom is -0.365 e. The zero-order chi connectivity index (χ0) is 23.3. The van der Waals surface area contributed by atoms with E-state index in [4.69, 9.17) is 0 Å². The van der Waals surface area contributed by atoms with Crippen LogP contribution >= 0.6 is 0 Å². The first-order valence-corrected chi connectivity index (χ1v) is 11.2. The Morgan fingerprint density at radius 2 is 2.06 bits per heavy atom. The van der Waals surface area contributed by atoms with Gasteiger partial charge >= 0.3 is 0 Å². The fraction of sp³-hybridized carbons (Fsp3) is 0.478. The van der Waals surface area contributed by atoms with E-state index in [1.807, 2.05) is 16.2 Å². The molecule has 1 saturated carbocycles. The van der Waals surface area contributed by atoms with Crippen molar-refractivity contribution in [1.82, 2.24) is 24.5 Å². The van der Waals surface area contributed by atoms with Crippen molar-refractivity contribution in [3.05, 3.63) is 52.2 Å². The number of nitrogens with zero attached hydrogens (tertiary/aromatic N) is 5. The lowest BCUT2D eigenvalue weighted by atomic mass is 9.74. The Hall–Kier alpha value is -3.17. The van der Waals surface area contributed by atoms with E-state index in [1.165, 1.54) is 12.1 Å². The zero-order valence-corrected chi connectivity index (χ0v) is 18.5. The summed E-state index contributed by atoms with van der Waals surface area (Å²) in [5.41, 5.74) is 1.20. The molecular weight excluding hydrogens is 433 g/mol. The summed E-state index contributed by atoms with van der Waals surface area (Å²) in [4.78, 5) is 19.5. The van der Waals surface area contributed by atoms with E-state index in [2.05, 4.69) is 27.4 Å². The minimum absolute atomic E-state index is 0.0234.